The maximum Gasteiger partial charge on any atom is 0.226 e. The summed E-state index contributed by atoms with van der Waals surface area (Å²) in [6, 6.07) is 1.67. The first-order valence-corrected chi connectivity index (χ1v) is 4.11. The summed E-state index contributed by atoms with van der Waals surface area (Å²) in [5, 5.41) is 0.722. The van der Waals surface area contributed by atoms with Gasteiger partial charge in [-0.25, -0.2) is 4.98 Å². The molecule has 14 heavy (non-hydrogen) atoms. The number of hydrogen-bond acceptors (Lipinski definition) is 4. The average molecular weight is 191 g/mol. The maximum absolute atomic E-state index is 10.5. The summed E-state index contributed by atoms with van der Waals surface area (Å²) in [5.41, 5.74) is 1.09. The Balaban J connectivity index is 2.77. The Labute approximate surface area is 80.1 Å². The first-order valence-electron chi connectivity index (χ1n) is 4.11. The summed E-state index contributed by atoms with van der Waals surface area (Å²) in [5.74, 6) is 1.09. The molecule has 0 aliphatic heterocycles. The topological polar surface area (TPSA) is 67.9 Å². The van der Waals surface area contributed by atoms with Gasteiger partial charge in [0, 0.05) is 0 Å². The first-order chi connectivity index (χ1) is 6.74. The van der Waals surface area contributed by atoms with E-state index in [9.17, 15) is 4.79 Å². The molecule has 0 fully saturated rings. The van der Waals surface area contributed by atoms with Crippen molar-refractivity contribution < 1.29 is 9.53 Å². The second kappa shape index (κ2) is 3.10. The lowest BCUT2D eigenvalue weighted by molar-refractivity contribution is 0.112. The molecule has 0 saturated heterocycles. The largest absolute Gasteiger partial charge is 0.480 e. The number of carbonyl (C=O) groups excluding carboxylic acids is 1. The highest BCUT2D eigenvalue weighted by Crippen LogP contribution is 2.22. The van der Waals surface area contributed by atoms with Crippen LogP contribution in [0.15, 0.2) is 6.07 Å². The third-order valence-corrected chi connectivity index (χ3v) is 1.91. The number of methoxy groups -OCH3 is 1. The van der Waals surface area contributed by atoms with Crippen molar-refractivity contribution in [1.82, 2.24) is 15.0 Å². The van der Waals surface area contributed by atoms with E-state index in [0.717, 1.165) is 11.7 Å². The molecule has 0 spiro atoms. The van der Waals surface area contributed by atoms with E-state index in [1.54, 1.807) is 13.0 Å². The standard InChI is InChI=1S/C9H9N3O2/c1-5-10-8-7(9(11-5)14-2)3-6(4-13)12-8/h3-4H,1-2H3,(H,10,11,12). The van der Waals surface area contributed by atoms with Crippen LogP contribution in [-0.2, 0) is 0 Å². The lowest BCUT2D eigenvalue weighted by atomic mass is 10.3. The highest BCUT2D eigenvalue weighted by Gasteiger charge is 2.08. The molecule has 72 valence electrons. The van der Waals surface area contributed by atoms with Crippen LogP contribution in [0.3, 0.4) is 0 Å². The van der Waals surface area contributed by atoms with Crippen LogP contribution in [0, 0.1) is 6.92 Å². The molecule has 2 heterocycles. The third-order valence-electron chi connectivity index (χ3n) is 1.91. The van der Waals surface area contributed by atoms with Crippen LogP contribution in [-0.4, -0.2) is 28.3 Å². The number of aldehydes is 1. The van der Waals surface area contributed by atoms with Crippen molar-refractivity contribution in [2.24, 2.45) is 0 Å². The van der Waals surface area contributed by atoms with Gasteiger partial charge in [0.1, 0.15) is 11.5 Å². The van der Waals surface area contributed by atoms with E-state index in [1.165, 1.54) is 7.11 Å². The monoisotopic (exact) mass is 191 g/mol. The maximum atomic E-state index is 10.5. The SMILES string of the molecule is COc1nc(C)nc2[nH]c(C=O)cc12. The van der Waals surface area contributed by atoms with Crippen LogP contribution in [0.4, 0.5) is 0 Å². The Morgan fingerprint density at radius 1 is 1.50 bits per heavy atom. The van der Waals surface area contributed by atoms with Crippen LogP contribution < -0.4 is 4.74 Å². The fourth-order valence-electron chi connectivity index (χ4n) is 1.33. The predicted molar refractivity (Wildman–Crippen MR) is 50.6 cm³/mol. The molecule has 0 amide bonds. The van der Waals surface area contributed by atoms with Gasteiger partial charge in [-0.15, -0.1) is 0 Å². The number of rotatable bonds is 2. The predicted octanol–water partition coefficient (Wildman–Crippen LogP) is 1.09. The van der Waals surface area contributed by atoms with Gasteiger partial charge in [-0.1, -0.05) is 0 Å². The number of aromatic nitrogens is 3. The highest BCUT2D eigenvalue weighted by atomic mass is 16.5. The summed E-state index contributed by atoms with van der Waals surface area (Å²) in [6.45, 7) is 1.77. The van der Waals surface area contributed by atoms with E-state index in [0.29, 0.717) is 23.0 Å². The minimum absolute atomic E-state index is 0.471. The van der Waals surface area contributed by atoms with E-state index in [2.05, 4.69) is 15.0 Å². The molecule has 0 aliphatic rings. The fraction of sp³-hybridized carbons (Fsp3) is 0.222. The molecule has 2 rings (SSSR count). The minimum atomic E-state index is 0.471. The number of hydrogen-bond donors (Lipinski definition) is 1. The van der Waals surface area contributed by atoms with Crippen molar-refractivity contribution >= 4 is 17.3 Å². The summed E-state index contributed by atoms with van der Waals surface area (Å²) >= 11 is 0. The molecule has 2 aromatic heterocycles. The summed E-state index contributed by atoms with van der Waals surface area (Å²) in [7, 11) is 1.54. The van der Waals surface area contributed by atoms with E-state index in [1.807, 2.05) is 0 Å². The Hall–Kier alpha value is -1.91. The lowest BCUT2D eigenvalue weighted by Gasteiger charge is -2.00. The number of carbonyl (C=O) groups is 1. The Kier molecular flexibility index (Phi) is 1.92. The van der Waals surface area contributed by atoms with Crippen molar-refractivity contribution in [2.75, 3.05) is 7.11 Å². The normalized spacial score (nSPS) is 10.4. The van der Waals surface area contributed by atoms with Gasteiger partial charge in [-0.3, -0.25) is 4.79 Å². The molecule has 1 N–H and O–H groups in total. The quantitative estimate of drug-likeness (QED) is 0.721. The van der Waals surface area contributed by atoms with Gasteiger partial charge in [0.05, 0.1) is 18.2 Å². The zero-order chi connectivity index (χ0) is 10.1. The molecular formula is C9H9N3O2. The van der Waals surface area contributed by atoms with Gasteiger partial charge in [0.25, 0.3) is 0 Å². The smallest absolute Gasteiger partial charge is 0.226 e. The van der Waals surface area contributed by atoms with Crippen LogP contribution in [0.2, 0.25) is 0 Å². The Bertz CT molecular complexity index is 490. The molecule has 0 aromatic carbocycles. The number of nitrogens with zero attached hydrogens (tertiary/aromatic N) is 2. The van der Waals surface area contributed by atoms with Crippen LogP contribution in [0.1, 0.15) is 16.3 Å². The number of nitrogens with one attached hydrogen (secondary N) is 1. The Morgan fingerprint density at radius 2 is 2.29 bits per heavy atom. The number of fused-ring (bicyclic) bond motifs is 1. The molecule has 0 atom stereocenters. The zero-order valence-corrected chi connectivity index (χ0v) is 7.87. The van der Waals surface area contributed by atoms with E-state index in [-0.39, 0.29) is 0 Å². The summed E-state index contributed by atoms with van der Waals surface area (Å²) in [6.07, 6.45) is 0.733. The number of aryl methyl sites for hydroxylation is 1. The molecule has 0 saturated carbocycles. The molecule has 0 aliphatic carbocycles. The van der Waals surface area contributed by atoms with Crippen molar-refractivity contribution in [1.29, 1.82) is 0 Å². The van der Waals surface area contributed by atoms with E-state index in [4.69, 9.17) is 4.74 Å². The molecule has 5 heteroatoms. The average Bonchev–Trinajstić information content (AvgIpc) is 2.59. The molecule has 2 aromatic rings. The second-order valence-electron chi connectivity index (χ2n) is 2.88. The van der Waals surface area contributed by atoms with Gasteiger partial charge < -0.3 is 9.72 Å². The van der Waals surface area contributed by atoms with Gasteiger partial charge >= 0.3 is 0 Å². The molecule has 5 nitrogen and oxygen atoms in total. The van der Waals surface area contributed by atoms with Crippen molar-refractivity contribution in [2.45, 2.75) is 6.92 Å². The summed E-state index contributed by atoms with van der Waals surface area (Å²) in [4.78, 5) is 21.6. The highest BCUT2D eigenvalue weighted by molar-refractivity contribution is 5.88. The zero-order valence-electron chi connectivity index (χ0n) is 7.87. The Morgan fingerprint density at radius 3 is 2.93 bits per heavy atom. The van der Waals surface area contributed by atoms with Gasteiger partial charge in [0.2, 0.25) is 5.88 Å². The van der Waals surface area contributed by atoms with E-state index < -0.39 is 0 Å². The van der Waals surface area contributed by atoms with Crippen LogP contribution in [0.5, 0.6) is 5.88 Å². The fourth-order valence-corrected chi connectivity index (χ4v) is 1.33. The van der Waals surface area contributed by atoms with Crippen molar-refractivity contribution in [3.05, 3.63) is 17.6 Å². The van der Waals surface area contributed by atoms with Crippen molar-refractivity contribution in [3.63, 3.8) is 0 Å². The minimum Gasteiger partial charge on any atom is -0.480 e. The van der Waals surface area contributed by atoms with E-state index >= 15 is 0 Å². The first kappa shape index (κ1) is 8.68. The second-order valence-corrected chi connectivity index (χ2v) is 2.88. The van der Waals surface area contributed by atoms with Crippen molar-refractivity contribution in [3.8, 4) is 5.88 Å². The lowest BCUT2D eigenvalue weighted by Crippen LogP contribution is -1.93. The van der Waals surface area contributed by atoms with Gasteiger partial charge in [0.15, 0.2) is 6.29 Å². The molecule has 0 radical (unpaired) electrons. The number of aromatic amines is 1. The molecule has 0 bridgehead atoms. The van der Waals surface area contributed by atoms with Gasteiger partial charge in [-0.05, 0) is 13.0 Å². The number of H-pyrrole nitrogens is 1. The van der Waals surface area contributed by atoms with Gasteiger partial charge in [-0.2, -0.15) is 4.98 Å². The van der Waals surface area contributed by atoms with Crippen LogP contribution >= 0.6 is 0 Å². The van der Waals surface area contributed by atoms with Crippen LogP contribution in [0.25, 0.3) is 11.0 Å². The third kappa shape index (κ3) is 1.22. The molecule has 0 unspecified atom stereocenters. The number of ether oxygens (including phenoxy) is 1. The molecular weight excluding hydrogens is 182 g/mol. The summed E-state index contributed by atoms with van der Waals surface area (Å²) < 4.78 is 5.08.